The number of hydrogen-bond donors (Lipinski definition) is 3. The molecule has 0 saturated carbocycles. The first-order valence-corrected chi connectivity index (χ1v) is 6.08. The van der Waals surface area contributed by atoms with Crippen molar-refractivity contribution < 1.29 is 29.4 Å². The molecular formula is C14H9BO6. The molecule has 0 heterocycles. The van der Waals surface area contributed by atoms with Crippen molar-refractivity contribution in [3.05, 3.63) is 58.7 Å². The van der Waals surface area contributed by atoms with E-state index in [4.69, 9.17) is 14.7 Å². The number of aromatic hydroxyl groups is 1. The molecule has 0 unspecified atom stereocenters. The first-order valence-electron chi connectivity index (χ1n) is 6.08. The topological polar surface area (TPSA) is 104 Å². The molecule has 0 amide bonds. The summed E-state index contributed by atoms with van der Waals surface area (Å²) in [7, 11) is -2.14. The van der Waals surface area contributed by atoms with Crippen molar-refractivity contribution in [3.8, 4) is 11.5 Å². The number of fused-ring (bicyclic) bond motifs is 2. The molecule has 21 heavy (non-hydrogen) atoms. The van der Waals surface area contributed by atoms with Gasteiger partial charge in [0.05, 0.1) is 11.1 Å². The third-order valence-corrected chi connectivity index (χ3v) is 3.25. The van der Waals surface area contributed by atoms with Gasteiger partial charge in [0, 0.05) is 11.1 Å². The zero-order chi connectivity index (χ0) is 15.1. The normalized spacial score (nSPS) is 12.7. The van der Waals surface area contributed by atoms with E-state index in [0.29, 0.717) is 0 Å². The van der Waals surface area contributed by atoms with Gasteiger partial charge in [0.25, 0.3) is 0 Å². The fraction of sp³-hybridized carbons (Fsp3) is 0. The number of phenolic OH excluding ortho intramolecular Hbond substituents is 1. The zero-order valence-corrected chi connectivity index (χ0v) is 10.6. The Balaban J connectivity index is 2.29. The number of ketones is 2. The van der Waals surface area contributed by atoms with Gasteiger partial charge in [-0.2, -0.15) is 0 Å². The predicted octanol–water partition coefficient (Wildman–Crippen LogP) is 0.516. The van der Waals surface area contributed by atoms with E-state index in [2.05, 4.69) is 0 Å². The molecule has 2 aromatic carbocycles. The van der Waals surface area contributed by atoms with E-state index in [9.17, 15) is 14.7 Å². The minimum atomic E-state index is -2.14. The van der Waals surface area contributed by atoms with Gasteiger partial charge < -0.3 is 19.8 Å². The van der Waals surface area contributed by atoms with Gasteiger partial charge in [-0.15, -0.1) is 0 Å². The lowest BCUT2D eigenvalue weighted by molar-refractivity contribution is 0.0974. The standard InChI is InChI=1S/C14H9BO6/c16-9-5-6-10(21-15(19)20)12-11(9)13(17)7-3-1-2-4-8(7)14(12)18/h1-6,16,19-20H. The minimum Gasteiger partial charge on any atom is -0.511 e. The molecule has 0 atom stereocenters. The highest BCUT2D eigenvalue weighted by Gasteiger charge is 2.35. The molecule has 0 fully saturated rings. The van der Waals surface area contributed by atoms with Crippen LogP contribution in [-0.4, -0.2) is 34.0 Å². The Morgan fingerprint density at radius 2 is 1.43 bits per heavy atom. The molecule has 0 radical (unpaired) electrons. The van der Waals surface area contributed by atoms with Crippen molar-refractivity contribution in [2.45, 2.75) is 0 Å². The summed E-state index contributed by atoms with van der Waals surface area (Å²) >= 11 is 0. The second kappa shape index (κ2) is 4.73. The van der Waals surface area contributed by atoms with Crippen LogP contribution in [-0.2, 0) is 0 Å². The monoisotopic (exact) mass is 284 g/mol. The maximum atomic E-state index is 12.5. The summed E-state index contributed by atoms with van der Waals surface area (Å²) in [6.07, 6.45) is 0. The van der Waals surface area contributed by atoms with Crippen LogP contribution in [0.25, 0.3) is 0 Å². The predicted molar refractivity (Wildman–Crippen MR) is 72.2 cm³/mol. The summed E-state index contributed by atoms with van der Waals surface area (Å²) in [6.45, 7) is 0. The number of benzene rings is 2. The maximum Gasteiger partial charge on any atom is 0.707 e. The molecule has 0 spiro atoms. The molecule has 2 aromatic rings. The molecule has 7 heteroatoms. The first-order chi connectivity index (χ1) is 10.0. The first kappa shape index (κ1) is 13.4. The second-order valence-corrected chi connectivity index (χ2v) is 4.48. The van der Waals surface area contributed by atoms with Crippen LogP contribution in [0.15, 0.2) is 36.4 Å². The third-order valence-electron chi connectivity index (χ3n) is 3.25. The van der Waals surface area contributed by atoms with Gasteiger partial charge in [-0.1, -0.05) is 24.3 Å². The summed E-state index contributed by atoms with van der Waals surface area (Å²) in [6, 6.07) is 8.57. The molecule has 3 rings (SSSR count). The summed E-state index contributed by atoms with van der Waals surface area (Å²) in [5, 5.41) is 27.7. The Morgan fingerprint density at radius 1 is 0.857 bits per heavy atom. The average Bonchev–Trinajstić information content (AvgIpc) is 2.46. The van der Waals surface area contributed by atoms with Crippen LogP contribution < -0.4 is 4.65 Å². The van der Waals surface area contributed by atoms with Gasteiger partial charge in [0.15, 0.2) is 11.6 Å². The SMILES string of the molecule is O=C1c2ccccc2C(=O)c2c(OB(O)O)ccc(O)c21. The summed E-state index contributed by atoms with van der Waals surface area (Å²) in [5.74, 6) is -1.58. The highest BCUT2D eigenvalue weighted by atomic mass is 16.6. The van der Waals surface area contributed by atoms with E-state index in [1.807, 2.05) is 0 Å². The molecule has 6 nitrogen and oxygen atoms in total. The highest BCUT2D eigenvalue weighted by Crippen LogP contribution is 2.37. The molecule has 1 aliphatic carbocycles. The lowest BCUT2D eigenvalue weighted by Crippen LogP contribution is -2.26. The summed E-state index contributed by atoms with van der Waals surface area (Å²) in [5.41, 5.74) is -0.00599. The van der Waals surface area contributed by atoms with Gasteiger partial charge in [-0.3, -0.25) is 9.59 Å². The van der Waals surface area contributed by atoms with Crippen LogP contribution in [0.3, 0.4) is 0 Å². The van der Waals surface area contributed by atoms with Crippen molar-refractivity contribution in [2.24, 2.45) is 0 Å². The number of phenols is 1. The number of carbonyl (C=O) groups excluding carboxylic acids is 2. The van der Waals surface area contributed by atoms with Crippen molar-refractivity contribution in [3.63, 3.8) is 0 Å². The molecular weight excluding hydrogens is 275 g/mol. The lowest BCUT2D eigenvalue weighted by atomic mass is 9.83. The molecule has 0 bridgehead atoms. The van der Waals surface area contributed by atoms with Crippen molar-refractivity contribution >= 4 is 18.9 Å². The van der Waals surface area contributed by atoms with Gasteiger partial charge in [-0.25, -0.2) is 0 Å². The summed E-state index contributed by atoms with van der Waals surface area (Å²) < 4.78 is 4.73. The molecule has 1 aliphatic rings. The minimum absolute atomic E-state index is 0.174. The van der Waals surface area contributed by atoms with Gasteiger partial charge in [0.1, 0.15) is 11.5 Å². The van der Waals surface area contributed by atoms with Gasteiger partial charge in [0.2, 0.25) is 0 Å². The Labute approximate surface area is 119 Å². The Bertz CT molecular complexity index is 768. The Hall–Kier alpha value is -2.64. The second-order valence-electron chi connectivity index (χ2n) is 4.48. The summed E-state index contributed by atoms with van der Waals surface area (Å²) in [4.78, 5) is 24.9. The highest BCUT2D eigenvalue weighted by molar-refractivity contribution is 6.35. The van der Waals surface area contributed by atoms with Gasteiger partial charge >= 0.3 is 7.32 Å². The lowest BCUT2D eigenvalue weighted by Gasteiger charge is -2.21. The van der Waals surface area contributed by atoms with E-state index < -0.39 is 18.9 Å². The molecule has 3 N–H and O–H groups in total. The van der Waals surface area contributed by atoms with Crippen LogP contribution in [0.2, 0.25) is 0 Å². The van der Waals surface area contributed by atoms with Gasteiger partial charge in [-0.05, 0) is 12.1 Å². The molecule has 104 valence electrons. The third kappa shape index (κ3) is 1.99. The number of carbonyl (C=O) groups is 2. The fourth-order valence-electron chi connectivity index (χ4n) is 2.39. The van der Waals surface area contributed by atoms with Crippen LogP contribution >= 0.6 is 0 Å². The van der Waals surface area contributed by atoms with Crippen LogP contribution in [0.1, 0.15) is 31.8 Å². The average molecular weight is 284 g/mol. The van der Waals surface area contributed by atoms with Crippen molar-refractivity contribution in [1.29, 1.82) is 0 Å². The number of hydrogen-bond acceptors (Lipinski definition) is 6. The van der Waals surface area contributed by atoms with Crippen LogP contribution in [0.4, 0.5) is 0 Å². The Kier molecular flexibility index (Phi) is 3.01. The largest absolute Gasteiger partial charge is 0.707 e. The van der Waals surface area contributed by atoms with Crippen molar-refractivity contribution in [2.75, 3.05) is 0 Å². The zero-order valence-electron chi connectivity index (χ0n) is 10.6. The number of rotatable bonds is 2. The van der Waals surface area contributed by atoms with E-state index in [-0.39, 0.29) is 33.8 Å². The quantitative estimate of drug-likeness (QED) is 0.592. The molecule has 0 aromatic heterocycles. The Morgan fingerprint density at radius 3 is 2.00 bits per heavy atom. The van der Waals surface area contributed by atoms with Crippen molar-refractivity contribution in [1.82, 2.24) is 0 Å². The van der Waals surface area contributed by atoms with Crippen LogP contribution in [0.5, 0.6) is 11.5 Å². The molecule has 0 aliphatic heterocycles. The van der Waals surface area contributed by atoms with E-state index >= 15 is 0 Å². The van der Waals surface area contributed by atoms with E-state index in [1.165, 1.54) is 18.2 Å². The smallest absolute Gasteiger partial charge is 0.511 e. The van der Waals surface area contributed by atoms with E-state index in [1.54, 1.807) is 12.1 Å². The maximum absolute atomic E-state index is 12.5. The fourth-order valence-corrected chi connectivity index (χ4v) is 2.39. The van der Waals surface area contributed by atoms with Crippen LogP contribution in [0, 0.1) is 0 Å². The molecule has 0 saturated heterocycles. The van der Waals surface area contributed by atoms with E-state index in [0.717, 1.165) is 6.07 Å².